The van der Waals surface area contributed by atoms with E-state index in [0.717, 1.165) is 4.47 Å². The molecule has 0 aliphatic carbocycles. The maximum absolute atomic E-state index is 12.1. The van der Waals surface area contributed by atoms with E-state index < -0.39 is 22.0 Å². The molecule has 7 heteroatoms. The van der Waals surface area contributed by atoms with Gasteiger partial charge < -0.3 is 5.11 Å². The van der Waals surface area contributed by atoms with Crippen LogP contribution in [0.1, 0.15) is 18.1 Å². The summed E-state index contributed by atoms with van der Waals surface area (Å²) in [6, 6.07) is 2.18. The molecule has 1 atom stereocenters. The van der Waals surface area contributed by atoms with Crippen molar-refractivity contribution >= 4 is 31.9 Å². The van der Waals surface area contributed by atoms with Crippen molar-refractivity contribution in [2.75, 3.05) is 0 Å². The number of carboxylic acids is 1. The average molecular weight is 336 g/mol. The first-order valence-electron chi connectivity index (χ1n) is 5.17. The Morgan fingerprint density at radius 1 is 1.33 bits per heavy atom. The Morgan fingerprint density at radius 3 is 2.17 bits per heavy atom. The predicted octanol–water partition coefficient (Wildman–Crippen LogP) is 1.82. The minimum absolute atomic E-state index is 0.124. The lowest BCUT2D eigenvalue weighted by Crippen LogP contribution is -2.38. The molecule has 0 aliphatic heterocycles. The number of aryl methyl sites for hydroxylation is 2. The van der Waals surface area contributed by atoms with E-state index >= 15 is 0 Å². The minimum Gasteiger partial charge on any atom is -0.480 e. The molecule has 0 spiro atoms. The summed E-state index contributed by atoms with van der Waals surface area (Å²) in [5.41, 5.74) is 1.12. The number of aliphatic carboxylic acids is 1. The van der Waals surface area contributed by atoms with Crippen LogP contribution in [0.2, 0.25) is 0 Å². The van der Waals surface area contributed by atoms with Gasteiger partial charge in [-0.15, -0.1) is 0 Å². The molecule has 1 rings (SSSR count). The van der Waals surface area contributed by atoms with E-state index in [1.165, 1.54) is 6.92 Å². The smallest absolute Gasteiger partial charge is 0.321 e. The number of carbonyl (C=O) groups is 1. The zero-order chi connectivity index (χ0) is 14.1. The van der Waals surface area contributed by atoms with Crippen molar-refractivity contribution in [1.82, 2.24) is 4.72 Å². The molecule has 0 radical (unpaired) electrons. The molecule has 0 saturated carbocycles. The maximum atomic E-state index is 12.1. The van der Waals surface area contributed by atoms with E-state index in [1.807, 2.05) is 0 Å². The quantitative estimate of drug-likeness (QED) is 0.878. The van der Waals surface area contributed by atoms with Gasteiger partial charge in [0, 0.05) is 4.47 Å². The lowest BCUT2D eigenvalue weighted by molar-refractivity contribution is -0.138. The number of hydrogen-bond donors (Lipinski definition) is 2. The first-order chi connectivity index (χ1) is 8.15. The molecular formula is C11H14BrNO4S. The van der Waals surface area contributed by atoms with Crippen molar-refractivity contribution in [3.05, 3.63) is 27.7 Å². The van der Waals surface area contributed by atoms with Crippen LogP contribution in [-0.4, -0.2) is 25.5 Å². The van der Waals surface area contributed by atoms with Gasteiger partial charge in [0.2, 0.25) is 10.0 Å². The second kappa shape index (κ2) is 5.38. The maximum Gasteiger partial charge on any atom is 0.321 e. The van der Waals surface area contributed by atoms with Crippen LogP contribution in [0.3, 0.4) is 0 Å². The molecule has 5 nitrogen and oxygen atoms in total. The normalized spacial score (nSPS) is 13.3. The van der Waals surface area contributed by atoms with E-state index in [4.69, 9.17) is 5.11 Å². The molecule has 0 saturated heterocycles. The van der Waals surface area contributed by atoms with E-state index in [1.54, 1.807) is 26.0 Å². The average Bonchev–Trinajstić information content (AvgIpc) is 2.13. The van der Waals surface area contributed by atoms with Crippen LogP contribution >= 0.6 is 15.9 Å². The second-order valence-electron chi connectivity index (χ2n) is 4.05. The molecule has 0 aliphatic rings. The first-order valence-corrected chi connectivity index (χ1v) is 7.44. The van der Waals surface area contributed by atoms with E-state index in [2.05, 4.69) is 20.7 Å². The number of halogens is 1. The van der Waals surface area contributed by atoms with Gasteiger partial charge in [-0.3, -0.25) is 4.79 Å². The summed E-state index contributed by atoms with van der Waals surface area (Å²) in [6.07, 6.45) is 0. The van der Waals surface area contributed by atoms with Crippen LogP contribution in [0, 0.1) is 13.8 Å². The number of hydrogen-bond acceptors (Lipinski definition) is 3. The van der Waals surface area contributed by atoms with Gasteiger partial charge in [-0.05, 0) is 44.0 Å². The lowest BCUT2D eigenvalue weighted by Gasteiger charge is -2.14. The topological polar surface area (TPSA) is 83.5 Å². The molecule has 18 heavy (non-hydrogen) atoms. The fourth-order valence-electron chi connectivity index (χ4n) is 1.66. The fourth-order valence-corrected chi connectivity index (χ4v) is 4.00. The molecule has 1 aromatic rings. The van der Waals surface area contributed by atoms with Gasteiger partial charge in [0.1, 0.15) is 6.04 Å². The Hall–Kier alpha value is -0.920. The predicted molar refractivity (Wildman–Crippen MR) is 71.0 cm³/mol. The molecule has 0 amide bonds. The highest BCUT2D eigenvalue weighted by Gasteiger charge is 2.24. The van der Waals surface area contributed by atoms with Gasteiger partial charge in [-0.2, -0.15) is 4.72 Å². The van der Waals surface area contributed by atoms with Gasteiger partial charge in [-0.1, -0.05) is 15.9 Å². The Kier molecular flexibility index (Phi) is 4.52. The fraction of sp³-hybridized carbons (Fsp3) is 0.364. The number of benzene rings is 1. The number of nitrogens with one attached hydrogen (secondary N) is 1. The summed E-state index contributed by atoms with van der Waals surface area (Å²) in [4.78, 5) is 10.8. The minimum atomic E-state index is -3.83. The third kappa shape index (κ3) is 3.30. The zero-order valence-electron chi connectivity index (χ0n) is 10.2. The van der Waals surface area contributed by atoms with E-state index in [9.17, 15) is 13.2 Å². The molecular weight excluding hydrogens is 322 g/mol. The van der Waals surface area contributed by atoms with E-state index in [-0.39, 0.29) is 4.90 Å². The standard InChI is InChI=1S/C11H14BrNO4S/c1-6-4-9(12)5-7(2)10(6)18(16,17)13-8(3)11(14)15/h4-5,8,13H,1-3H3,(H,14,15)/t8-/m1/s1. The van der Waals surface area contributed by atoms with Crippen molar-refractivity contribution in [3.8, 4) is 0 Å². The van der Waals surface area contributed by atoms with E-state index in [0.29, 0.717) is 11.1 Å². The SMILES string of the molecule is Cc1cc(Br)cc(C)c1S(=O)(=O)N[C@H](C)C(=O)O. The third-order valence-electron chi connectivity index (χ3n) is 2.40. The lowest BCUT2D eigenvalue weighted by atomic mass is 10.2. The Morgan fingerprint density at radius 2 is 1.78 bits per heavy atom. The van der Waals surface area contributed by atoms with Gasteiger partial charge in [0.05, 0.1) is 4.90 Å². The largest absolute Gasteiger partial charge is 0.480 e. The molecule has 0 bridgehead atoms. The summed E-state index contributed by atoms with van der Waals surface area (Å²) in [5, 5.41) is 8.74. The number of rotatable bonds is 4. The van der Waals surface area contributed by atoms with Crippen molar-refractivity contribution in [3.63, 3.8) is 0 Å². The summed E-state index contributed by atoms with van der Waals surface area (Å²) in [5.74, 6) is -1.22. The summed E-state index contributed by atoms with van der Waals surface area (Å²) in [7, 11) is -3.83. The monoisotopic (exact) mass is 335 g/mol. The Bertz CT molecular complexity index is 560. The molecule has 1 aromatic carbocycles. The molecule has 0 fully saturated rings. The first kappa shape index (κ1) is 15.1. The third-order valence-corrected chi connectivity index (χ3v) is 4.70. The van der Waals surface area contributed by atoms with Gasteiger partial charge in [-0.25, -0.2) is 8.42 Å². The summed E-state index contributed by atoms with van der Waals surface area (Å²) in [6.45, 7) is 4.61. The molecule has 2 N–H and O–H groups in total. The Balaban J connectivity index is 3.25. The molecule has 0 heterocycles. The van der Waals surface area contributed by atoms with Gasteiger partial charge >= 0.3 is 5.97 Å². The van der Waals surface area contributed by atoms with Crippen molar-refractivity contribution in [2.45, 2.75) is 31.7 Å². The molecule has 0 unspecified atom stereocenters. The zero-order valence-corrected chi connectivity index (χ0v) is 12.6. The highest BCUT2D eigenvalue weighted by molar-refractivity contribution is 9.10. The summed E-state index contributed by atoms with van der Waals surface area (Å²) < 4.78 is 27.1. The second-order valence-corrected chi connectivity index (χ2v) is 6.62. The summed E-state index contributed by atoms with van der Waals surface area (Å²) >= 11 is 3.28. The Labute approximate surface area is 114 Å². The van der Waals surface area contributed by atoms with Crippen molar-refractivity contribution in [2.24, 2.45) is 0 Å². The van der Waals surface area contributed by atoms with Crippen LogP contribution in [0.5, 0.6) is 0 Å². The molecule has 0 aromatic heterocycles. The van der Waals surface area contributed by atoms with Crippen LogP contribution < -0.4 is 4.72 Å². The van der Waals surface area contributed by atoms with Crippen LogP contribution in [0.25, 0.3) is 0 Å². The van der Waals surface area contributed by atoms with Gasteiger partial charge in [0.25, 0.3) is 0 Å². The highest BCUT2D eigenvalue weighted by atomic mass is 79.9. The van der Waals surface area contributed by atoms with Crippen molar-refractivity contribution in [1.29, 1.82) is 0 Å². The number of sulfonamides is 1. The van der Waals surface area contributed by atoms with Crippen molar-refractivity contribution < 1.29 is 18.3 Å². The van der Waals surface area contributed by atoms with Crippen LogP contribution in [-0.2, 0) is 14.8 Å². The van der Waals surface area contributed by atoms with Gasteiger partial charge in [0.15, 0.2) is 0 Å². The highest BCUT2D eigenvalue weighted by Crippen LogP contribution is 2.24. The molecule has 100 valence electrons. The number of carboxylic acid groups (broad SMARTS) is 1. The van der Waals surface area contributed by atoms with Crippen LogP contribution in [0.4, 0.5) is 0 Å². The van der Waals surface area contributed by atoms with Crippen LogP contribution in [0.15, 0.2) is 21.5 Å².